The van der Waals surface area contributed by atoms with Crippen LogP contribution >= 0.6 is 11.6 Å². The number of halogens is 5. The lowest BCUT2D eigenvalue weighted by Gasteiger charge is -2.35. The first-order valence-electron chi connectivity index (χ1n) is 11.6. The van der Waals surface area contributed by atoms with Crippen LogP contribution in [-0.2, 0) is 25.7 Å². The van der Waals surface area contributed by atoms with Crippen LogP contribution in [0.4, 0.5) is 23.2 Å². The molecular formula is C27H22ClF4NO5S. The van der Waals surface area contributed by atoms with Gasteiger partial charge in [0.25, 0.3) is 10.0 Å². The van der Waals surface area contributed by atoms with Gasteiger partial charge in [-0.1, -0.05) is 48.0 Å². The highest BCUT2D eigenvalue weighted by molar-refractivity contribution is 7.92. The van der Waals surface area contributed by atoms with Crippen LogP contribution in [0.5, 0.6) is 5.75 Å². The van der Waals surface area contributed by atoms with Crippen molar-refractivity contribution >= 4 is 45.4 Å². The van der Waals surface area contributed by atoms with E-state index in [9.17, 15) is 30.8 Å². The largest absolute Gasteiger partial charge is 0.486 e. The standard InChI is InChI=1S/C27H22ClF4NO5S/c1-37-25(34)13-11-20-16-33(39(35,36)21-6-3-5-19(15-21)27(30,31)32)23-14-17(9-12-24(23)38-20)8-10-18-4-2-7-22(29)26(18)28/h2-10,12,14-15,20H,11,13,16H2,1H3. The number of hydrogen-bond donors (Lipinski definition) is 0. The highest BCUT2D eigenvalue weighted by Gasteiger charge is 2.37. The molecule has 3 aromatic rings. The summed E-state index contributed by atoms with van der Waals surface area (Å²) in [6.07, 6.45) is -2.33. The van der Waals surface area contributed by atoms with Gasteiger partial charge in [0.15, 0.2) is 0 Å². The van der Waals surface area contributed by atoms with Crippen molar-refractivity contribution < 1.29 is 40.2 Å². The van der Waals surface area contributed by atoms with Crippen molar-refractivity contribution in [3.8, 4) is 5.75 Å². The summed E-state index contributed by atoms with van der Waals surface area (Å²) < 4.78 is 92.7. The Hall–Kier alpha value is -3.57. The number of nitrogens with zero attached hydrogens (tertiary/aromatic N) is 1. The number of ether oxygens (including phenoxy) is 2. The molecule has 0 spiro atoms. The number of anilines is 1. The molecule has 39 heavy (non-hydrogen) atoms. The van der Waals surface area contributed by atoms with Crippen LogP contribution in [0.15, 0.2) is 65.6 Å². The smallest absolute Gasteiger partial charge is 0.416 e. The molecule has 0 fully saturated rings. The number of fused-ring (bicyclic) bond motifs is 1. The van der Waals surface area contributed by atoms with E-state index in [0.29, 0.717) is 17.2 Å². The van der Waals surface area contributed by atoms with Crippen LogP contribution in [0, 0.1) is 5.82 Å². The number of esters is 1. The topological polar surface area (TPSA) is 72.9 Å². The predicted molar refractivity (Wildman–Crippen MR) is 138 cm³/mol. The summed E-state index contributed by atoms with van der Waals surface area (Å²) in [7, 11) is -3.27. The van der Waals surface area contributed by atoms with E-state index in [1.54, 1.807) is 24.3 Å². The van der Waals surface area contributed by atoms with Gasteiger partial charge in [-0.2, -0.15) is 13.2 Å². The lowest BCUT2D eigenvalue weighted by atomic mass is 10.1. The third kappa shape index (κ3) is 6.36. The lowest BCUT2D eigenvalue weighted by Crippen LogP contribution is -2.43. The van der Waals surface area contributed by atoms with Gasteiger partial charge in [0, 0.05) is 6.42 Å². The molecule has 0 amide bonds. The average molecular weight is 584 g/mol. The van der Waals surface area contributed by atoms with Crippen LogP contribution in [-0.4, -0.2) is 34.1 Å². The molecule has 206 valence electrons. The van der Waals surface area contributed by atoms with Gasteiger partial charge >= 0.3 is 12.1 Å². The van der Waals surface area contributed by atoms with E-state index in [1.165, 1.54) is 31.4 Å². The van der Waals surface area contributed by atoms with Crippen molar-refractivity contribution in [3.05, 3.63) is 88.2 Å². The summed E-state index contributed by atoms with van der Waals surface area (Å²) in [5, 5.41) is -0.0859. The number of sulfonamides is 1. The van der Waals surface area contributed by atoms with Gasteiger partial charge in [-0.25, -0.2) is 12.8 Å². The van der Waals surface area contributed by atoms with Gasteiger partial charge in [-0.3, -0.25) is 9.10 Å². The monoisotopic (exact) mass is 583 g/mol. The molecule has 4 rings (SSSR count). The van der Waals surface area contributed by atoms with Crippen LogP contribution in [0.2, 0.25) is 5.02 Å². The molecule has 0 saturated heterocycles. The number of methoxy groups -OCH3 is 1. The SMILES string of the molecule is COC(=O)CCC1CN(S(=O)(=O)c2cccc(C(F)(F)F)c2)c2cc(C=Cc3cccc(F)c3Cl)ccc2O1. The summed E-state index contributed by atoms with van der Waals surface area (Å²) in [5.74, 6) is -0.963. The second-order valence-electron chi connectivity index (χ2n) is 8.62. The number of hydrogen-bond acceptors (Lipinski definition) is 5. The molecule has 1 heterocycles. The highest BCUT2D eigenvalue weighted by Crippen LogP contribution is 2.40. The molecule has 0 saturated carbocycles. The molecule has 1 atom stereocenters. The second-order valence-corrected chi connectivity index (χ2v) is 10.9. The van der Waals surface area contributed by atoms with E-state index in [4.69, 9.17) is 16.3 Å². The summed E-state index contributed by atoms with van der Waals surface area (Å²) in [6.45, 7) is -0.258. The zero-order valence-electron chi connectivity index (χ0n) is 20.4. The van der Waals surface area contributed by atoms with Gasteiger partial charge in [0.1, 0.15) is 17.7 Å². The first kappa shape index (κ1) is 28.4. The molecule has 1 aliphatic heterocycles. The number of benzene rings is 3. The quantitative estimate of drug-likeness (QED) is 0.179. The summed E-state index contributed by atoms with van der Waals surface area (Å²) in [4.78, 5) is 11.1. The molecule has 6 nitrogen and oxygen atoms in total. The fourth-order valence-corrected chi connectivity index (χ4v) is 5.72. The Morgan fingerprint density at radius 3 is 2.59 bits per heavy atom. The first-order valence-corrected chi connectivity index (χ1v) is 13.4. The fourth-order valence-electron chi connectivity index (χ4n) is 3.99. The van der Waals surface area contributed by atoms with E-state index in [0.717, 1.165) is 22.5 Å². The van der Waals surface area contributed by atoms with E-state index >= 15 is 0 Å². The minimum atomic E-state index is -4.74. The van der Waals surface area contributed by atoms with Crippen molar-refractivity contribution in [1.82, 2.24) is 0 Å². The zero-order chi connectivity index (χ0) is 28.4. The molecule has 0 N–H and O–H groups in total. The molecule has 3 aromatic carbocycles. The maximum absolute atomic E-state index is 13.8. The van der Waals surface area contributed by atoms with Gasteiger partial charge in [0.2, 0.25) is 0 Å². The molecule has 0 aromatic heterocycles. The minimum absolute atomic E-state index is 0.0524. The second kappa shape index (κ2) is 11.3. The van der Waals surface area contributed by atoms with Crippen molar-refractivity contribution in [2.45, 2.75) is 30.0 Å². The number of carbonyl (C=O) groups excluding carboxylic acids is 1. The number of rotatable bonds is 7. The Balaban J connectivity index is 1.75. The first-order chi connectivity index (χ1) is 18.4. The average Bonchev–Trinajstić information content (AvgIpc) is 2.91. The third-order valence-electron chi connectivity index (χ3n) is 6.00. The Bertz CT molecular complexity index is 1520. The minimum Gasteiger partial charge on any atom is -0.486 e. The highest BCUT2D eigenvalue weighted by atomic mass is 35.5. The van der Waals surface area contributed by atoms with E-state index in [1.807, 2.05) is 0 Å². The number of alkyl halides is 3. The lowest BCUT2D eigenvalue weighted by molar-refractivity contribution is -0.141. The molecule has 1 aliphatic rings. The maximum atomic E-state index is 13.8. The van der Waals surface area contributed by atoms with Crippen molar-refractivity contribution in [3.63, 3.8) is 0 Å². The predicted octanol–water partition coefficient (Wildman–Crippen LogP) is 6.58. The Kier molecular flexibility index (Phi) is 8.22. The zero-order valence-corrected chi connectivity index (χ0v) is 22.0. The van der Waals surface area contributed by atoms with Crippen LogP contribution in [0.3, 0.4) is 0 Å². The molecular weight excluding hydrogens is 562 g/mol. The van der Waals surface area contributed by atoms with Crippen molar-refractivity contribution in [2.75, 3.05) is 18.0 Å². The Morgan fingerprint density at radius 1 is 1.13 bits per heavy atom. The molecule has 0 aliphatic carbocycles. The summed E-state index contributed by atoms with van der Waals surface area (Å²) in [6, 6.07) is 12.4. The molecule has 0 radical (unpaired) electrons. The third-order valence-corrected chi connectivity index (χ3v) is 8.17. The van der Waals surface area contributed by atoms with Gasteiger partial charge < -0.3 is 9.47 Å². The van der Waals surface area contributed by atoms with Crippen LogP contribution in [0.25, 0.3) is 12.2 Å². The van der Waals surface area contributed by atoms with Gasteiger partial charge in [-0.15, -0.1) is 0 Å². The normalized spacial score (nSPS) is 15.6. The molecule has 12 heteroatoms. The Morgan fingerprint density at radius 2 is 1.87 bits per heavy atom. The maximum Gasteiger partial charge on any atom is 0.416 e. The van der Waals surface area contributed by atoms with E-state index in [2.05, 4.69) is 4.74 Å². The molecule has 0 bridgehead atoms. The van der Waals surface area contributed by atoms with Gasteiger partial charge in [-0.05, 0) is 53.9 Å². The fraction of sp³-hybridized carbons (Fsp3) is 0.222. The van der Waals surface area contributed by atoms with Crippen LogP contribution in [0.1, 0.15) is 29.5 Å². The van der Waals surface area contributed by atoms with Crippen LogP contribution < -0.4 is 9.04 Å². The number of carbonyl (C=O) groups is 1. The van der Waals surface area contributed by atoms with Crippen molar-refractivity contribution in [1.29, 1.82) is 0 Å². The Labute approximate surface area is 227 Å². The van der Waals surface area contributed by atoms with Crippen molar-refractivity contribution in [2.24, 2.45) is 0 Å². The summed E-state index contributed by atoms with van der Waals surface area (Å²) >= 11 is 6.00. The molecule has 1 unspecified atom stereocenters. The van der Waals surface area contributed by atoms with E-state index in [-0.39, 0.29) is 35.8 Å². The van der Waals surface area contributed by atoms with E-state index < -0.39 is 44.5 Å². The van der Waals surface area contributed by atoms with Gasteiger partial charge in [0.05, 0.1) is 34.8 Å². The summed E-state index contributed by atoms with van der Waals surface area (Å²) in [5.41, 5.74) is -0.131.